The molecule has 150 valence electrons. The summed E-state index contributed by atoms with van der Waals surface area (Å²) in [5.74, 6) is 0.461. The summed E-state index contributed by atoms with van der Waals surface area (Å²) in [4.78, 5) is 24.4. The number of nitrogens with zero attached hydrogens (tertiary/aromatic N) is 5. The molecule has 6 nitrogen and oxygen atoms in total. The van der Waals surface area contributed by atoms with E-state index in [0.717, 1.165) is 16.5 Å². The van der Waals surface area contributed by atoms with Gasteiger partial charge in [0.15, 0.2) is 0 Å². The van der Waals surface area contributed by atoms with E-state index in [1.165, 1.54) is 17.3 Å². The van der Waals surface area contributed by atoms with Gasteiger partial charge < -0.3 is 9.80 Å². The molecule has 2 aromatic carbocycles. The van der Waals surface area contributed by atoms with Crippen LogP contribution in [0.15, 0.2) is 55.4 Å². The number of nitriles is 1. The highest BCUT2D eigenvalue weighted by molar-refractivity contribution is 6.34. The minimum atomic E-state index is -0.586. The average Bonchev–Trinajstić information content (AvgIpc) is 2.78. The molecule has 4 rings (SSSR count). The lowest BCUT2D eigenvalue weighted by atomic mass is 10.0. The van der Waals surface area contributed by atoms with Gasteiger partial charge in [0.05, 0.1) is 23.2 Å². The third-order valence-electron chi connectivity index (χ3n) is 5.14. The van der Waals surface area contributed by atoms with Crippen LogP contribution in [0.4, 0.5) is 5.82 Å². The number of halogens is 2. The summed E-state index contributed by atoms with van der Waals surface area (Å²) in [5.41, 5.74) is 2.48. The Kier molecular flexibility index (Phi) is 5.58. The SMILES string of the molecule is C=CC(=O)N1CCN(c2ncnc3cc(Cl)c(-c4ccc(Cl)cc4)cc23)C[C@H]1C#N. The van der Waals surface area contributed by atoms with Crippen molar-refractivity contribution >= 4 is 45.8 Å². The van der Waals surface area contributed by atoms with E-state index in [9.17, 15) is 10.1 Å². The number of anilines is 1. The molecule has 1 atom stereocenters. The van der Waals surface area contributed by atoms with E-state index in [1.807, 2.05) is 41.3 Å². The van der Waals surface area contributed by atoms with Gasteiger partial charge in [-0.05, 0) is 35.9 Å². The number of hydrogen-bond acceptors (Lipinski definition) is 5. The molecular formula is C22H17Cl2N5O. The Morgan fingerprint density at radius 3 is 2.67 bits per heavy atom. The number of hydrogen-bond donors (Lipinski definition) is 0. The lowest BCUT2D eigenvalue weighted by molar-refractivity contribution is -0.127. The number of carbonyl (C=O) groups is 1. The van der Waals surface area contributed by atoms with E-state index in [0.29, 0.717) is 41.0 Å². The lowest BCUT2D eigenvalue weighted by Crippen LogP contribution is -2.54. The van der Waals surface area contributed by atoms with Gasteiger partial charge in [0, 0.05) is 29.1 Å². The molecule has 30 heavy (non-hydrogen) atoms. The van der Waals surface area contributed by atoms with Gasteiger partial charge in [-0.2, -0.15) is 5.26 Å². The fourth-order valence-corrected chi connectivity index (χ4v) is 4.03. The second-order valence-corrected chi connectivity index (χ2v) is 7.72. The van der Waals surface area contributed by atoms with Crippen molar-refractivity contribution < 1.29 is 4.79 Å². The Hall–Kier alpha value is -3.14. The van der Waals surface area contributed by atoms with Crippen molar-refractivity contribution in [2.24, 2.45) is 0 Å². The molecule has 2 heterocycles. The molecule has 1 aliphatic heterocycles. The number of piperazine rings is 1. The summed E-state index contributed by atoms with van der Waals surface area (Å²) in [6, 6.07) is 12.8. The minimum absolute atomic E-state index is 0.245. The zero-order valence-corrected chi connectivity index (χ0v) is 17.4. The molecular weight excluding hydrogens is 421 g/mol. The standard InChI is InChI=1S/C22H17Cl2N5O/c1-2-21(30)29-8-7-28(12-16(29)11-25)22-18-9-17(14-3-5-15(23)6-4-14)19(24)10-20(18)26-13-27-22/h2-6,9-10,13,16H,1,7-8,12H2/t16-/m1/s1. The Morgan fingerprint density at radius 1 is 1.20 bits per heavy atom. The number of carbonyl (C=O) groups excluding carboxylic acids is 1. The summed E-state index contributed by atoms with van der Waals surface area (Å²) in [6.45, 7) is 4.82. The van der Waals surface area contributed by atoms with E-state index in [4.69, 9.17) is 23.2 Å². The molecule has 1 amide bonds. The number of amides is 1. The van der Waals surface area contributed by atoms with Crippen LogP contribution in [0, 0.1) is 11.3 Å². The van der Waals surface area contributed by atoms with E-state index in [-0.39, 0.29) is 5.91 Å². The monoisotopic (exact) mass is 437 g/mol. The quantitative estimate of drug-likeness (QED) is 0.570. The Balaban J connectivity index is 1.76. The van der Waals surface area contributed by atoms with E-state index < -0.39 is 6.04 Å². The van der Waals surface area contributed by atoms with Crippen molar-refractivity contribution in [1.82, 2.24) is 14.9 Å². The first kappa shape index (κ1) is 20.1. The van der Waals surface area contributed by atoms with Crippen molar-refractivity contribution in [3.63, 3.8) is 0 Å². The van der Waals surface area contributed by atoms with Gasteiger partial charge in [-0.1, -0.05) is 41.9 Å². The predicted molar refractivity (Wildman–Crippen MR) is 119 cm³/mol. The van der Waals surface area contributed by atoms with Crippen LogP contribution in [0.5, 0.6) is 0 Å². The van der Waals surface area contributed by atoms with E-state index in [1.54, 1.807) is 0 Å². The number of fused-ring (bicyclic) bond motifs is 1. The number of aromatic nitrogens is 2. The molecule has 8 heteroatoms. The summed E-state index contributed by atoms with van der Waals surface area (Å²) in [5, 5.41) is 11.6. The van der Waals surface area contributed by atoms with Crippen molar-refractivity contribution in [3.8, 4) is 17.2 Å². The van der Waals surface area contributed by atoms with Gasteiger partial charge >= 0.3 is 0 Å². The van der Waals surface area contributed by atoms with Gasteiger partial charge in [-0.3, -0.25) is 4.79 Å². The van der Waals surface area contributed by atoms with Crippen LogP contribution in [0.3, 0.4) is 0 Å². The maximum Gasteiger partial charge on any atom is 0.247 e. The normalized spacial score (nSPS) is 16.4. The Bertz CT molecular complexity index is 1170. The highest BCUT2D eigenvalue weighted by Gasteiger charge is 2.30. The second kappa shape index (κ2) is 8.31. The Morgan fingerprint density at radius 2 is 1.97 bits per heavy atom. The molecule has 0 radical (unpaired) electrons. The molecule has 1 saturated heterocycles. The van der Waals surface area contributed by atoms with Crippen LogP contribution in [-0.2, 0) is 4.79 Å². The van der Waals surface area contributed by atoms with Crippen molar-refractivity contribution in [2.75, 3.05) is 24.5 Å². The maximum atomic E-state index is 12.0. The molecule has 0 N–H and O–H groups in total. The van der Waals surface area contributed by atoms with Crippen LogP contribution in [0.1, 0.15) is 0 Å². The molecule has 0 bridgehead atoms. The lowest BCUT2D eigenvalue weighted by Gasteiger charge is -2.38. The molecule has 0 saturated carbocycles. The van der Waals surface area contributed by atoms with Crippen LogP contribution < -0.4 is 4.90 Å². The summed E-state index contributed by atoms with van der Waals surface area (Å²) in [6.07, 6.45) is 2.72. The topological polar surface area (TPSA) is 73.1 Å². The van der Waals surface area contributed by atoms with E-state index in [2.05, 4.69) is 22.6 Å². The molecule has 0 aliphatic carbocycles. The molecule has 3 aromatic rings. The average molecular weight is 438 g/mol. The molecule has 1 aromatic heterocycles. The summed E-state index contributed by atoms with van der Waals surface area (Å²) in [7, 11) is 0. The molecule has 1 fully saturated rings. The zero-order chi connectivity index (χ0) is 21.3. The van der Waals surface area contributed by atoms with Gasteiger partial charge in [-0.15, -0.1) is 0 Å². The minimum Gasteiger partial charge on any atom is -0.351 e. The number of benzene rings is 2. The van der Waals surface area contributed by atoms with Crippen LogP contribution in [0.25, 0.3) is 22.0 Å². The van der Waals surface area contributed by atoms with E-state index >= 15 is 0 Å². The summed E-state index contributed by atoms with van der Waals surface area (Å²) < 4.78 is 0. The predicted octanol–water partition coefficient (Wildman–Crippen LogP) is 4.33. The Labute approximate surface area is 184 Å². The van der Waals surface area contributed by atoms with Gasteiger partial charge in [0.2, 0.25) is 5.91 Å². The van der Waals surface area contributed by atoms with Gasteiger partial charge in [-0.25, -0.2) is 9.97 Å². The fraction of sp³-hybridized carbons (Fsp3) is 0.182. The van der Waals surface area contributed by atoms with Crippen molar-refractivity contribution in [2.45, 2.75) is 6.04 Å². The van der Waals surface area contributed by atoms with Crippen LogP contribution in [-0.4, -0.2) is 46.5 Å². The first-order valence-corrected chi connectivity index (χ1v) is 10.0. The van der Waals surface area contributed by atoms with Crippen molar-refractivity contribution in [1.29, 1.82) is 5.26 Å². The maximum absolute atomic E-state index is 12.0. The first-order valence-electron chi connectivity index (χ1n) is 9.29. The summed E-state index contributed by atoms with van der Waals surface area (Å²) >= 11 is 12.5. The first-order chi connectivity index (χ1) is 14.5. The van der Waals surface area contributed by atoms with Gasteiger partial charge in [0.1, 0.15) is 18.2 Å². The third kappa shape index (κ3) is 3.70. The fourth-order valence-electron chi connectivity index (χ4n) is 3.63. The smallest absolute Gasteiger partial charge is 0.247 e. The van der Waals surface area contributed by atoms with Crippen LogP contribution in [0.2, 0.25) is 10.0 Å². The largest absolute Gasteiger partial charge is 0.351 e. The number of rotatable bonds is 3. The van der Waals surface area contributed by atoms with Gasteiger partial charge in [0.25, 0.3) is 0 Å². The molecule has 0 unspecified atom stereocenters. The van der Waals surface area contributed by atoms with Crippen molar-refractivity contribution in [3.05, 3.63) is 65.4 Å². The zero-order valence-electron chi connectivity index (χ0n) is 15.9. The molecule has 0 spiro atoms. The highest BCUT2D eigenvalue weighted by Crippen LogP contribution is 2.35. The highest BCUT2D eigenvalue weighted by atomic mass is 35.5. The van der Waals surface area contributed by atoms with Crippen LogP contribution >= 0.6 is 23.2 Å². The molecule has 1 aliphatic rings. The third-order valence-corrected chi connectivity index (χ3v) is 5.71. The second-order valence-electron chi connectivity index (χ2n) is 6.88.